The molecule has 0 saturated carbocycles. The van der Waals surface area contributed by atoms with Crippen molar-refractivity contribution in [1.29, 1.82) is 0 Å². The van der Waals surface area contributed by atoms with Gasteiger partial charge in [-0.3, -0.25) is 9.10 Å². The van der Waals surface area contributed by atoms with Gasteiger partial charge >= 0.3 is 0 Å². The highest BCUT2D eigenvalue weighted by Gasteiger charge is 2.34. The number of anilines is 1. The summed E-state index contributed by atoms with van der Waals surface area (Å²) >= 11 is 0. The van der Waals surface area contributed by atoms with Crippen molar-refractivity contribution >= 4 is 21.6 Å². The summed E-state index contributed by atoms with van der Waals surface area (Å²) in [5.74, 6) is -0.127. The number of nitrogens with zero attached hydrogens (tertiary/aromatic N) is 1. The van der Waals surface area contributed by atoms with E-state index in [1.165, 1.54) is 22.7 Å². The van der Waals surface area contributed by atoms with Gasteiger partial charge in [-0.2, -0.15) is 0 Å². The van der Waals surface area contributed by atoms with Gasteiger partial charge in [-0.15, -0.1) is 0 Å². The Morgan fingerprint density at radius 3 is 2.69 bits per heavy atom. The van der Waals surface area contributed by atoms with E-state index >= 15 is 0 Å². The van der Waals surface area contributed by atoms with E-state index in [0.29, 0.717) is 29.9 Å². The van der Waals surface area contributed by atoms with E-state index in [9.17, 15) is 13.2 Å². The van der Waals surface area contributed by atoms with Crippen molar-refractivity contribution in [3.05, 3.63) is 59.7 Å². The van der Waals surface area contributed by atoms with Crippen LogP contribution in [0, 0.1) is 0 Å². The number of amides is 1. The first kappa shape index (κ1) is 19.7. The molecule has 1 aliphatic heterocycles. The van der Waals surface area contributed by atoms with Gasteiger partial charge in [0.25, 0.3) is 15.9 Å². The zero-order valence-electron chi connectivity index (χ0n) is 16.6. The largest absolute Gasteiger partial charge is 0.352 e. The van der Waals surface area contributed by atoms with Gasteiger partial charge in [-0.1, -0.05) is 29.8 Å². The van der Waals surface area contributed by atoms with Crippen molar-refractivity contribution < 1.29 is 13.2 Å². The summed E-state index contributed by atoms with van der Waals surface area (Å²) in [6, 6.07) is 12.2. The Morgan fingerprint density at radius 1 is 1.10 bits per heavy atom. The Balaban J connectivity index is 1.60. The summed E-state index contributed by atoms with van der Waals surface area (Å²) in [4.78, 5) is 13.0. The number of benzene rings is 2. The van der Waals surface area contributed by atoms with Crippen LogP contribution in [0.4, 0.5) is 5.69 Å². The molecule has 6 heteroatoms. The monoisotopic (exact) mass is 410 g/mol. The molecule has 5 nitrogen and oxygen atoms in total. The first-order chi connectivity index (χ1) is 14.0. The molecule has 1 heterocycles. The first-order valence-corrected chi connectivity index (χ1v) is 11.7. The Kier molecular flexibility index (Phi) is 5.46. The van der Waals surface area contributed by atoms with E-state index in [4.69, 9.17) is 0 Å². The van der Waals surface area contributed by atoms with Crippen LogP contribution in [0.5, 0.6) is 0 Å². The summed E-state index contributed by atoms with van der Waals surface area (Å²) in [7, 11) is -3.58. The maximum atomic E-state index is 12.9. The molecule has 1 aliphatic carbocycles. The SMILES string of the molecule is CCN1c2ccc(C(=O)NCCC3=CCCCC3)cc2-c2ccccc2S1(=O)=O. The molecule has 4 rings (SSSR count). The van der Waals surface area contributed by atoms with Crippen molar-refractivity contribution in [3.8, 4) is 11.1 Å². The molecule has 2 aliphatic rings. The highest BCUT2D eigenvalue weighted by Crippen LogP contribution is 2.43. The van der Waals surface area contributed by atoms with Gasteiger partial charge in [0.05, 0.1) is 10.6 Å². The van der Waals surface area contributed by atoms with E-state index in [-0.39, 0.29) is 10.8 Å². The molecule has 0 radical (unpaired) electrons. The number of carbonyl (C=O) groups excluding carboxylic acids is 1. The summed E-state index contributed by atoms with van der Waals surface area (Å²) in [5, 5.41) is 3.01. The third-order valence-electron chi connectivity index (χ3n) is 5.68. The molecule has 0 bridgehead atoms. The molecule has 0 saturated heterocycles. The molecule has 0 unspecified atom stereocenters. The number of fused-ring (bicyclic) bond motifs is 3. The summed E-state index contributed by atoms with van der Waals surface area (Å²) in [6.07, 6.45) is 7.96. The summed E-state index contributed by atoms with van der Waals surface area (Å²) in [5.41, 5.74) is 4.02. The van der Waals surface area contributed by atoms with Crippen molar-refractivity contribution in [3.63, 3.8) is 0 Å². The van der Waals surface area contributed by atoms with E-state index in [1.54, 1.807) is 36.4 Å². The lowest BCUT2D eigenvalue weighted by Gasteiger charge is -2.31. The molecule has 2 aromatic carbocycles. The van der Waals surface area contributed by atoms with Crippen LogP contribution in [0.1, 0.15) is 49.4 Å². The van der Waals surface area contributed by atoms with Crippen LogP contribution in [0.15, 0.2) is 59.0 Å². The first-order valence-electron chi connectivity index (χ1n) is 10.2. The molecular weight excluding hydrogens is 384 g/mol. The van der Waals surface area contributed by atoms with Crippen LogP contribution in [-0.4, -0.2) is 27.4 Å². The number of nitrogens with one attached hydrogen (secondary N) is 1. The maximum absolute atomic E-state index is 12.9. The van der Waals surface area contributed by atoms with Crippen LogP contribution in [-0.2, 0) is 10.0 Å². The van der Waals surface area contributed by atoms with Crippen LogP contribution in [0.25, 0.3) is 11.1 Å². The smallest absolute Gasteiger partial charge is 0.264 e. The highest BCUT2D eigenvalue weighted by atomic mass is 32.2. The number of hydrogen-bond acceptors (Lipinski definition) is 3. The van der Waals surface area contributed by atoms with Crippen LogP contribution >= 0.6 is 0 Å². The molecule has 0 aromatic heterocycles. The molecule has 1 N–H and O–H groups in total. The van der Waals surface area contributed by atoms with E-state index in [2.05, 4.69) is 11.4 Å². The third kappa shape index (κ3) is 3.69. The topological polar surface area (TPSA) is 66.5 Å². The minimum Gasteiger partial charge on any atom is -0.352 e. The van der Waals surface area contributed by atoms with Gasteiger partial charge in [0.15, 0.2) is 0 Å². The molecule has 29 heavy (non-hydrogen) atoms. The van der Waals surface area contributed by atoms with Crippen molar-refractivity contribution in [2.45, 2.75) is 43.9 Å². The summed E-state index contributed by atoms with van der Waals surface area (Å²) < 4.78 is 27.3. The molecule has 2 aromatic rings. The molecule has 0 spiro atoms. The van der Waals surface area contributed by atoms with Gasteiger partial charge in [-0.25, -0.2) is 8.42 Å². The standard InChI is InChI=1S/C23H26N2O3S/c1-2-25-21-13-12-18(23(26)24-15-14-17-8-4-3-5-9-17)16-20(21)19-10-6-7-11-22(19)29(25,27)28/h6-8,10-13,16H,2-5,9,14-15H2,1H3,(H,24,26). The molecule has 0 atom stereocenters. The van der Waals surface area contributed by atoms with Gasteiger partial charge in [0, 0.05) is 29.8 Å². The Hall–Kier alpha value is -2.60. The predicted molar refractivity (Wildman–Crippen MR) is 116 cm³/mol. The zero-order valence-corrected chi connectivity index (χ0v) is 17.5. The van der Waals surface area contributed by atoms with Gasteiger partial charge < -0.3 is 5.32 Å². The quantitative estimate of drug-likeness (QED) is 0.738. The number of sulfonamides is 1. The third-order valence-corrected chi connectivity index (χ3v) is 7.62. The fourth-order valence-corrected chi connectivity index (χ4v) is 5.89. The normalized spacial score (nSPS) is 17.1. The van der Waals surface area contributed by atoms with Crippen LogP contribution < -0.4 is 9.62 Å². The van der Waals surface area contributed by atoms with Gasteiger partial charge in [0.2, 0.25) is 0 Å². The Bertz CT molecular complexity index is 1070. The van der Waals surface area contributed by atoms with E-state index < -0.39 is 10.0 Å². The lowest BCUT2D eigenvalue weighted by atomic mass is 9.97. The number of allylic oxidation sites excluding steroid dienone is 1. The lowest BCUT2D eigenvalue weighted by Crippen LogP contribution is -2.34. The minimum atomic E-state index is -3.58. The maximum Gasteiger partial charge on any atom is 0.264 e. The minimum absolute atomic E-state index is 0.127. The van der Waals surface area contributed by atoms with Crippen LogP contribution in [0.3, 0.4) is 0 Å². The highest BCUT2D eigenvalue weighted by molar-refractivity contribution is 7.93. The lowest BCUT2D eigenvalue weighted by molar-refractivity contribution is 0.0954. The molecule has 0 fully saturated rings. The number of rotatable bonds is 5. The second kappa shape index (κ2) is 8.03. The van der Waals surface area contributed by atoms with Gasteiger partial charge in [0.1, 0.15) is 0 Å². The average molecular weight is 411 g/mol. The van der Waals surface area contributed by atoms with E-state index in [0.717, 1.165) is 24.8 Å². The van der Waals surface area contributed by atoms with Gasteiger partial charge in [-0.05, 0) is 63.3 Å². The second-order valence-electron chi connectivity index (χ2n) is 7.51. The van der Waals surface area contributed by atoms with E-state index in [1.807, 2.05) is 13.0 Å². The van der Waals surface area contributed by atoms with Crippen molar-refractivity contribution in [1.82, 2.24) is 5.32 Å². The molecule has 1 amide bonds. The fraction of sp³-hybridized carbons (Fsp3) is 0.348. The number of carbonyl (C=O) groups is 1. The Morgan fingerprint density at radius 2 is 1.93 bits per heavy atom. The predicted octanol–water partition coefficient (Wildman–Crippen LogP) is 4.50. The fourth-order valence-electron chi connectivity index (χ4n) is 4.18. The summed E-state index contributed by atoms with van der Waals surface area (Å²) in [6.45, 7) is 2.77. The Labute approximate surface area is 172 Å². The second-order valence-corrected chi connectivity index (χ2v) is 9.34. The molecular formula is C23H26N2O3S. The van der Waals surface area contributed by atoms with Crippen molar-refractivity contribution in [2.75, 3.05) is 17.4 Å². The van der Waals surface area contributed by atoms with Crippen molar-refractivity contribution in [2.24, 2.45) is 0 Å². The average Bonchev–Trinajstić information content (AvgIpc) is 2.74. The molecule has 152 valence electrons. The zero-order chi connectivity index (χ0) is 20.4. The number of hydrogen-bond donors (Lipinski definition) is 1. The van der Waals surface area contributed by atoms with Crippen LogP contribution in [0.2, 0.25) is 0 Å².